The molecule has 0 heterocycles. The van der Waals surface area contributed by atoms with Crippen LogP contribution in [0.3, 0.4) is 0 Å². The Kier molecular flexibility index (Phi) is 2.46. The fraction of sp³-hybridized carbons (Fsp3) is 0.100. The van der Waals surface area contributed by atoms with Crippen molar-refractivity contribution in [3.05, 3.63) is 41.5 Å². The molecule has 1 nitrogen and oxygen atoms in total. The lowest BCUT2D eigenvalue weighted by Gasteiger charge is -1.92. The minimum atomic E-state index is 1.07. The molecular weight excluding hydrogens is 134 g/mol. The van der Waals surface area contributed by atoms with E-state index in [2.05, 4.69) is 0 Å². The number of aryl methyl sites for hydroxylation is 1. The van der Waals surface area contributed by atoms with Crippen LogP contribution in [0.15, 0.2) is 30.3 Å². The van der Waals surface area contributed by atoms with Crippen molar-refractivity contribution in [1.82, 2.24) is 0 Å². The molecule has 0 saturated heterocycles. The van der Waals surface area contributed by atoms with Gasteiger partial charge in [0.15, 0.2) is 0 Å². The Labute approximate surface area is 66.6 Å². The van der Waals surface area contributed by atoms with Crippen LogP contribution in [0.25, 0.3) is 6.08 Å². The normalized spacial score (nSPS) is 9.82. The monoisotopic (exact) mass is 143 g/mol. The number of benzene rings is 1. The van der Waals surface area contributed by atoms with Gasteiger partial charge >= 0.3 is 0 Å². The molecule has 0 saturated carbocycles. The number of allylic oxidation sites excluding steroid dienone is 1. The van der Waals surface area contributed by atoms with Crippen molar-refractivity contribution in [3.8, 4) is 6.07 Å². The van der Waals surface area contributed by atoms with Gasteiger partial charge in [0.2, 0.25) is 0 Å². The van der Waals surface area contributed by atoms with Gasteiger partial charge in [-0.15, -0.1) is 0 Å². The van der Waals surface area contributed by atoms with Crippen molar-refractivity contribution in [1.29, 1.82) is 5.26 Å². The summed E-state index contributed by atoms with van der Waals surface area (Å²) in [6, 6.07) is 9.98. The number of nitriles is 1. The highest BCUT2D eigenvalue weighted by molar-refractivity contribution is 5.51. The first-order valence-electron chi connectivity index (χ1n) is 3.46. The van der Waals surface area contributed by atoms with Crippen molar-refractivity contribution >= 4 is 6.08 Å². The molecule has 1 rings (SSSR count). The average molecular weight is 143 g/mol. The van der Waals surface area contributed by atoms with Gasteiger partial charge in [-0.05, 0) is 18.6 Å². The molecule has 1 heteroatoms. The molecule has 0 aliphatic rings. The maximum absolute atomic E-state index is 8.25. The maximum Gasteiger partial charge on any atom is 0.0912 e. The van der Waals surface area contributed by atoms with Gasteiger partial charge in [-0.3, -0.25) is 0 Å². The lowest BCUT2D eigenvalue weighted by atomic mass is 10.1. The quantitative estimate of drug-likeness (QED) is 0.554. The van der Waals surface area contributed by atoms with Crippen LogP contribution < -0.4 is 0 Å². The lowest BCUT2D eigenvalue weighted by molar-refractivity contribution is 1.46. The van der Waals surface area contributed by atoms with Crippen LogP contribution in [-0.2, 0) is 0 Å². The summed E-state index contributed by atoms with van der Waals surface area (Å²) in [7, 11) is 0. The zero-order chi connectivity index (χ0) is 8.10. The molecule has 0 amide bonds. The van der Waals surface area contributed by atoms with Gasteiger partial charge in [-0.1, -0.05) is 29.8 Å². The number of hydrogen-bond acceptors (Lipinski definition) is 1. The second kappa shape index (κ2) is 3.58. The SMILES string of the molecule is Cc1ccc(/C=C\C#N)cc1. The molecule has 0 fully saturated rings. The number of hydrogen-bond donors (Lipinski definition) is 0. The van der Waals surface area contributed by atoms with Gasteiger partial charge in [0.25, 0.3) is 0 Å². The van der Waals surface area contributed by atoms with E-state index in [4.69, 9.17) is 5.26 Å². The van der Waals surface area contributed by atoms with Crippen molar-refractivity contribution < 1.29 is 0 Å². The van der Waals surface area contributed by atoms with E-state index in [1.165, 1.54) is 11.6 Å². The largest absolute Gasteiger partial charge is 0.193 e. The van der Waals surface area contributed by atoms with E-state index in [1.54, 1.807) is 6.08 Å². The fourth-order valence-corrected chi connectivity index (χ4v) is 0.811. The molecule has 0 aliphatic carbocycles. The van der Waals surface area contributed by atoms with Crippen LogP contribution in [-0.4, -0.2) is 0 Å². The summed E-state index contributed by atoms with van der Waals surface area (Å²) in [4.78, 5) is 0. The molecule has 1 aromatic carbocycles. The highest BCUT2D eigenvalue weighted by Crippen LogP contribution is 2.04. The van der Waals surface area contributed by atoms with E-state index in [-0.39, 0.29) is 0 Å². The van der Waals surface area contributed by atoms with E-state index in [9.17, 15) is 0 Å². The molecule has 0 aliphatic heterocycles. The number of nitrogens with zero attached hydrogens (tertiary/aromatic N) is 1. The Morgan fingerprint density at radius 2 is 1.91 bits per heavy atom. The highest BCUT2D eigenvalue weighted by Gasteiger charge is 1.84. The third-order valence-corrected chi connectivity index (χ3v) is 1.43. The zero-order valence-corrected chi connectivity index (χ0v) is 6.41. The molecule has 54 valence electrons. The molecule has 0 spiro atoms. The van der Waals surface area contributed by atoms with Crippen molar-refractivity contribution in [3.63, 3.8) is 0 Å². The number of rotatable bonds is 1. The van der Waals surface area contributed by atoms with E-state index < -0.39 is 0 Å². The smallest absolute Gasteiger partial charge is 0.0912 e. The van der Waals surface area contributed by atoms with E-state index in [1.807, 2.05) is 37.3 Å². The summed E-state index contributed by atoms with van der Waals surface area (Å²) in [5, 5.41) is 8.25. The molecule has 0 atom stereocenters. The van der Waals surface area contributed by atoms with Crippen LogP contribution >= 0.6 is 0 Å². The summed E-state index contributed by atoms with van der Waals surface area (Å²) in [6.07, 6.45) is 3.27. The van der Waals surface area contributed by atoms with E-state index in [0.717, 1.165) is 5.56 Å². The van der Waals surface area contributed by atoms with Gasteiger partial charge in [0.05, 0.1) is 6.07 Å². The predicted octanol–water partition coefficient (Wildman–Crippen LogP) is 2.53. The topological polar surface area (TPSA) is 23.8 Å². The Bertz CT molecular complexity index is 288. The van der Waals surface area contributed by atoms with Gasteiger partial charge < -0.3 is 0 Å². The Balaban J connectivity index is 2.84. The highest BCUT2D eigenvalue weighted by atomic mass is 14.2. The van der Waals surface area contributed by atoms with Crippen LogP contribution in [0.5, 0.6) is 0 Å². The van der Waals surface area contributed by atoms with Gasteiger partial charge in [0.1, 0.15) is 0 Å². The van der Waals surface area contributed by atoms with Gasteiger partial charge in [-0.25, -0.2) is 0 Å². The van der Waals surface area contributed by atoms with Crippen molar-refractivity contribution in [2.24, 2.45) is 0 Å². The first-order chi connectivity index (χ1) is 5.33. The van der Waals surface area contributed by atoms with Crippen LogP contribution in [0.4, 0.5) is 0 Å². The standard InChI is InChI=1S/C10H9N/c1-9-4-6-10(7-5-9)3-2-8-11/h2-7H,1H3/b3-2-. The van der Waals surface area contributed by atoms with Crippen LogP contribution in [0.2, 0.25) is 0 Å². The average Bonchev–Trinajstić information content (AvgIpc) is 2.04. The van der Waals surface area contributed by atoms with Gasteiger partial charge in [-0.2, -0.15) is 5.26 Å². The second-order valence-corrected chi connectivity index (χ2v) is 2.37. The molecule has 0 radical (unpaired) electrons. The van der Waals surface area contributed by atoms with Crippen molar-refractivity contribution in [2.45, 2.75) is 6.92 Å². The molecule has 0 N–H and O–H groups in total. The minimum Gasteiger partial charge on any atom is -0.193 e. The van der Waals surface area contributed by atoms with Crippen LogP contribution in [0, 0.1) is 18.3 Å². The minimum absolute atomic E-state index is 1.07. The predicted molar refractivity (Wildman–Crippen MR) is 45.8 cm³/mol. The third-order valence-electron chi connectivity index (χ3n) is 1.43. The summed E-state index contributed by atoms with van der Waals surface area (Å²) in [6.45, 7) is 2.04. The van der Waals surface area contributed by atoms with E-state index >= 15 is 0 Å². The summed E-state index contributed by atoms with van der Waals surface area (Å²) in [5.41, 5.74) is 2.30. The molecule has 0 unspecified atom stereocenters. The lowest BCUT2D eigenvalue weighted by Crippen LogP contribution is -1.72. The Morgan fingerprint density at radius 1 is 1.27 bits per heavy atom. The summed E-state index contributed by atoms with van der Waals surface area (Å²) >= 11 is 0. The summed E-state index contributed by atoms with van der Waals surface area (Å²) in [5.74, 6) is 0. The molecule has 1 aromatic rings. The first kappa shape index (κ1) is 7.56. The van der Waals surface area contributed by atoms with E-state index in [0.29, 0.717) is 0 Å². The maximum atomic E-state index is 8.25. The molecule has 11 heavy (non-hydrogen) atoms. The van der Waals surface area contributed by atoms with Crippen molar-refractivity contribution in [2.75, 3.05) is 0 Å². The first-order valence-corrected chi connectivity index (χ1v) is 3.46. The third kappa shape index (κ3) is 2.27. The van der Waals surface area contributed by atoms with Gasteiger partial charge in [0, 0.05) is 6.08 Å². The second-order valence-electron chi connectivity index (χ2n) is 2.37. The zero-order valence-electron chi connectivity index (χ0n) is 6.41. The molecular formula is C10H9N. The Hall–Kier alpha value is -1.55. The fourth-order valence-electron chi connectivity index (χ4n) is 0.811. The molecule has 0 bridgehead atoms. The molecule has 0 aromatic heterocycles. The summed E-state index contributed by atoms with van der Waals surface area (Å²) < 4.78 is 0. The van der Waals surface area contributed by atoms with Crippen LogP contribution in [0.1, 0.15) is 11.1 Å². The Morgan fingerprint density at radius 3 is 2.45 bits per heavy atom.